The van der Waals surface area contributed by atoms with Gasteiger partial charge in [-0.3, -0.25) is 0 Å². The van der Waals surface area contributed by atoms with Crippen molar-refractivity contribution in [1.82, 2.24) is 0 Å². The Balaban J connectivity index is 2.40. The van der Waals surface area contributed by atoms with Crippen LogP contribution in [0, 0.1) is 5.92 Å². The lowest BCUT2D eigenvalue weighted by atomic mass is 9.72. The molecule has 4 atom stereocenters. The normalized spacial score (nSPS) is 43.1. The molecule has 0 aromatic rings. The predicted molar refractivity (Wildman–Crippen MR) is 61.3 cm³/mol. The van der Waals surface area contributed by atoms with E-state index in [0.29, 0.717) is 11.8 Å². The highest BCUT2D eigenvalue weighted by Gasteiger charge is 2.76. The molecule has 0 aromatic heterocycles. The maximum atomic E-state index is 5.79. The second-order valence-electron chi connectivity index (χ2n) is 4.64. The molecule has 4 nitrogen and oxygen atoms in total. The Bertz CT molecular complexity index is 309. The zero-order valence-electron chi connectivity index (χ0n) is 10.7. The lowest BCUT2D eigenvalue weighted by Gasteiger charge is -2.56. The van der Waals surface area contributed by atoms with Crippen molar-refractivity contribution >= 4 is 5.90 Å². The van der Waals surface area contributed by atoms with Crippen molar-refractivity contribution in [1.29, 1.82) is 0 Å². The van der Waals surface area contributed by atoms with Crippen LogP contribution < -0.4 is 0 Å². The molecule has 16 heavy (non-hydrogen) atoms. The first-order chi connectivity index (χ1) is 7.56. The molecule has 0 aliphatic carbocycles. The van der Waals surface area contributed by atoms with Gasteiger partial charge in [-0.05, 0) is 12.3 Å². The van der Waals surface area contributed by atoms with Gasteiger partial charge in [0.2, 0.25) is 0 Å². The second-order valence-corrected chi connectivity index (χ2v) is 4.64. The summed E-state index contributed by atoms with van der Waals surface area (Å²) in [5.74, 6) is 0.0781. The number of nitrogens with zero attached hydrogens (tertiary/aromatic N) is 1. The van der Waals surface area contributed by atoms with Crippen LogP contribution in [0.5, 0.6) is 0 Å². The molecule has 4 heteroatoms. The second kappa shape index (κ2) is 3.70. The molecular weight excluding hydrogens is 206 g/mol. The summed E-state index contributed by atoms with van der Waals surface area (Å²) in [6, 6.07) is 0. The Morgan fingerprint density at radius 3 is 2.69 bits per heavy atom. The fraction of sp³-hybridized carbons (Fsp3) is 0.917. The van der Waals surface area contributed by atoms with Gasteiger partial charge >= 0.3 is 5.97 Å². The van der Waals surface area contributed by atoms with Crippen molar-refractivity contribution in [2.24, 2.45) is 10.9 Å². The third-order valence-corrected chi connectivity index (χ3v) is 3.91. The molecule has 0 radical (unpaired) electrons. The van der Waals surface area contributed by atoms with E-state index in [-0.39, 0.29) is 11.6 Å². The van der Waals surface area contributed by atoms with Crippen molar-refractivity contribution in [3.8, 4) is 0 Å². The van der Waals surface area contributed by atoms with Crippen molar-refractivity contribution in [2.45, 2.75) is 58.2 Å². The number of rotatable bonds is 4. The zero-order chi connectivity index (χ0) is 12.0. The minimum atomic E-state index is -0.965. The van der Waals surface area contributed by atoms with E-state index in [0.717, 1.165) is 12.8 Å². The van der Waals surface area contributed by atoms with Gasteiger partial charge in [-0.25, -0.2) is 4.99 Å². The van der Waals surface area contributed by atoms with E-state index < -0.39 is 5.97 Å². The lowest BCUT2D eigenvalue weighted by molar-refractivity contribution is -0.468. The molecule has 2 rings (SSSR count). The number of ether oxygens (including phenoxy) is 3. The van der Waals surface area contributed by atoms with Crippen molar-refractivity contribution in [2.75, 3.05) is 7.11 Å². The first-order valence-corrected chi connectivity index (χ1v) is 6.04. The van der Waals surface area contributed by atoms with Gasteiger partial charge in [-0.15, -0.1) is 0 Å². The van der Waals surface area contributed by atoms with Crippen molar-refractivity contribution < 1.29 is 14.2 Å². The molecule has 1 saturated heterocycles. The Morgan fingerprint density at radius 2 is 2.19 bits per heavy atom. The van der Waals surface area contributed by atoms with Crippen LogP contribution in [0.4, 0.5) is 0 Å². The molecule has 0 aromatic carbocycles. The van der Waals surface area contributed by atoms with Crippen LogP contribution in [0.1, 0.15) is 40.5 Å². The molecule has 0 spiro atoms. The van der Waals surface area contributed by atoms with Crippen LogP contribution in [0.3, 0.4) is 0 Å². The van der Waals surface area contributed by atoms with Crippen LogP contribution in [-0.2, 0) is 14.2 Å². The fourth-order valence-corrected chi connectivity index (χ4v) is 2.92. The standard InChI is InChI=1S/C12H21NO3/c1-6-8(3)11-10(7-2)16-12(11,14-5)15-9(4)13-11/h8,10H,6-7H2,1-5H3/t8?,10-,11+,12-/m1/s1. The number of methoxy groups -OCH3 is 1. The lowest BCUT2D eigenvalue weighted by Crippen LogP contribution is -2.75. The zero-order valence-corrected chi connectivity index (χ0v) is 10.7. The Hall–Kier alpha value is -0.610. The number of fused-ring (bicyclic) bond motifs is 1. The van der Waals surface area contributed by atoms with Gasteiger partial charge in [0.15, 0.2) is 11.4 Å². The molecule has 1 fully saturated rings. The van der Waals surface area contributed by atoms with Gasteiger partial charge in [0.25, 0.3) is 0 Å². The smallest absolute Gasteiger partial charge is 0.357 e. The summed E-state index contributed by atoms with van der Waals surface area (Å²) in [5.41, 5.74) is -0.352. The number of hydrogen-bond donors (Lipinski definition) is 0. The molecule has 0 bridgehead atoms. The third-order valence-electron chi connectivity index (χ3n) is 3.91. The molecule has 0 amide bonds. The van der Waals surface area contributed by atoms with Crippen LogP contribution in [0.25, 0.3) is 0 Å². The van der Waals surface area contributed by atoms with Crippen molar-refractivity contribution in [3.05, 3.63) is 0 Å². The van der Waals surface area contributed by atoms with E-state index in [1.807, 2.05) is 6.92 Å². The summed E-state index contributed by atoms with van der Waals surface area (Å²) >= 11 is 0. The molecule has 1 unspecified atom stereocenters. The molecule has 0 N–H and O–H groups in total. The highest BCUT2D eigenvalue weighted by atomic mass is 16.9. The molecule has 2 aliphatic heterocycles. The monoisotopic (exact) mass is 227 g/mol. The van der Waals surface area contributed by atoms with E-state index in [2.05, 4.69) is 20.8 Å². The summed E-state index contributed by atoms with van der Waals surface area (Å²) in [6.45, 7) is 8.31. The van der Waals surface area contributed by atoms with Crippen LogP contribution in [0.15, 0.2) is 4.99 Å². The Kier molecular flexibility index (Phi) is 2.75. The maximum Gasteiger partial charge on any atom is 0.357 e. The highest BCUT2D eigenvalue weighted by Crippen LogP contribution is 2.56. The first kappa shape index (κ1) is 11.9. The Labute approximate surface area is 97.0 Å². The van der Waals surface area contributed by atoms with Gasteiger partial charge in [0.1, 0.15) is 0 Å². The van der Waals surface area contributed by atoms with E-state index in [1.165, 1.54) is 0 Å². The van der Waals surface area contributed by atoms with Gasteiger partial charge < -0.3 is 14.2 Å². The maximum absolute atomic E-state index is 5.79. The van der Waals surface area contributed by atoms with Gasteiger partial charge in [0.05, 0.1) is 6.10 Å². The minimum absolute atomic E-state index is 0.0971. The third kappa shape index (κ3) is 1.14. The van der Waals surface area contributed by atoms with Crippen LogP contribution in [-0.4, -0.2) is 30.6 Å². The number of aliphatic imine (C=N–C) groups is 1. The number of hydrogen-bond acceptors (Lipinski definition) is 4. The first-order valence-electron chi connectivity index (χ1n) is 6.04. The van der Waals surface area contributed by atoms with Gasteiger partial charge in [0, 0.05) is 14.0 Å². The van der Waals surface area contributed by atoms with E-state index in [9.17, 15) is 0 Å². The summed E-state index contributed by atoms with van der Waals surface area (Å²) < 4.78 is 16.9. The topological polar surface area (TPSA) is 40.0 Å². The Morgan fingerprint density at radius 1 is 1.50 bits per heavy atom. The van der Waals surface area contributed by atoms with Crippen LogP contribution in [0.2, 0.25) is 0 Å². The van der Waals surface area contributed by atoms with Crippen molar-refractivity contribution in [3.63, 3.8) is 0 Å². The SMILES string of the molecule is CCC(C)[C@@]12N=C(C)O[C@@]1(OC)O[C@@H]2CC. The summed E-state index contributed by atoms with van der Waals surface area (Å²) in [6.07, 6.45) is 2.06. The molecule has 0 saturated carbocycles. The minimum Gasteiger partial charge on any atom is -0.424 e. The van der Waals surface area contributed by atoms with E-state index in [4.69, 9.17) is 19.2 Å². The average Bonchev–Trinajstić information content (AvgIpc) is 2.50. The van der Waals surface area contributed by atoms with E-state index in [1.54, 1.807) is 7.11 Å². The summed E-state index contributed by atoms with van der Waals surface area (Å²) in [7, 11) is 1.62. The molecular formula is C12H21NO3. The van der Waals surface area contributed by atoms with Gasteiger partial charge in [-0.1, -0.05) is 27.2 Å². The molecule has 2 aliphatic rings. The summed E-state index contributed by atoms with van der Waals surface area (Å²) in [4.78, 5) is 4.70. The highest BCUT2D eigenvalue weighted by molar-refractivity contribution is 5.77. The average molecular weight is 227 g/mol. The predicted octanol–water partition coefficient (Wildman–Crippen LogP) is 2.33. The quantitative estimate of drug-likeness (QED) is 0.740. The molecule has 92 valence electrons. The van der Waals surface area contributed by atoms with Crippen LogP contribution >= 0.6 is 0 Å². The fourth-order valence-electron chi connectivity index (χ4n) is 2.92. The largest absolute Gasteiger partial charge is 0.424 e. The van der Waals surface area contributed by atoms with Gasteiger partial charge in [-0.2, -0.15) is 0 Å². The molecule has 2 heterocycles. The summed E-state index contributed by atoms with van der Waals surface area (Å²) in [5, 5.41) is 0. The van der Waals surface area contributed by atoms with E-state index >= 15 is 0 Å².